The van der Waals surface area contributed by atoms with Crippen molar-refractivity contribution in [1.29, 1.82) is 0 Å². The molecule has 0 bridgehead atoms. The maximum absolute atomic E-state index is 12.7. The molecule has 7 heteroatoms. The SMILES string of the molecule is CCc1ccc(OCc2nnc(SCC(=O)N3CCCc4ccccc43)o2)cc1. The van der Waals surface area contributed by atoms with Crippen LogP contribution in [0, 0.1) is 0 Å². The molecule has 1 aliphatic rings. The number of carbonyl (C=O) groups excluding carboxylic acids is 1. The van der Waals surface area contributed by atoms with E-state index in [-0.39, 0.29) is 18.3 Å². The molecule has 6 nitrogen and oxygen atoms in total. The summed E-state index contributed by atoms with van der Waals surface area (Å²) >= 11 is 1.26. The van der Waals surface area contributed by atoms with E-state index in [0.29, 0.717) is 11.1 Å². The summed E-state index contributed by atoms with van der Waals surface area (Å²) < 4.78 is 11.3. The fourth-order valence-electron chi connectivity index (χ4n) is 3.32. The number of anilines is 1. The number of amides is 1. The van der Waals surface area contributed by atoms with E-state index in [1.807, 2.05) is 47.4 Å². The highest BCUT2D eigenvalue weighted by molar-refractivity contribution is 7.99. The van der Waals surface area contributed by atoms with Crippen LogP contribution in [0.2, 0.25) is 0 Å². The van der Waals surface area contributed by atoms with Crippen LogP contribution in [0.25, 0.3) is 0 Å². The zero-order valence-electron chi connectivity index (χ0n) is 16.3. The van der Waals surface area contributed by atoms with Crippen LogP contribution in [-0.4, -0.2) is 28.4 Å². The Hall–Kier alpha value is -2.80. The number of para-hydroxylation sites is 1. The second-order valence-electron chi connectivity index (χ2n) is 6.81. The minimum Gasteiger partial charge on any atom is -0.484 e. The Bertz CT molecular complexity index is 971. The molecule has 0 spiro atoms. The second-order valence-corrected chi connectivity index (χ2v) is 7.74. The first kappa shape index (κ1) is 19.5. The summed E-state index contributed by atoms with van der Waals surface area (Å²) in [5.41, 5.74) is 3.49. The molecule has 0 saturated heterocycles. The van der Waals surface area contributed by atoms with Crippen LogP contribution in [-0.2, 0) is 24.2 Å². The molecule has 2 aromatic carbocycles. The first-order valence-electron chi connectivity index (χ1n) is 9.78. The van der Waals surface area contributed by atoms with Crippen molar-refractivity contribution < 1.29 is 13.9 Å². The van der Waals surface area contributed by atoms with E-state index in [1.165, 1.54) is 22.9 Å². The maximum Gasteiger partial charge on any atom is 0.277 e. The smallest absolute Gasteiger partial charge is 0.277 e. The minimum absolute atomic E-state index is 0.0502. The third-order valence-electron chi connectivity index (χ3n) is 4.87. The number of benzene rings is 2. The van der Waals surface area contributed by atoms with Gasteiger partial charge in [0.15, 0.2) is 6.61 Å². The van der Waals surface area contributed by atoms with Gasteiger partial charge < -0.3 is 14.1 Å². The average molecular weight is 410 g/mol. The average Bonchev–Trinajstić information content (AvgIpc) is 3.24. The van der Waals surface area contributed by atoms with Gasteiger partial charge in [-0.15, -0.1) is 10.2 Å². The molecule has 0 unspecified atom stereocenters. The van der Waals surface area contributed by atoms with Crippen LogP contribution < -0.4 is 9.64 Å². The van der Waals surface area contributed by atoms with Gasteiger partial charge in [-0.1, -0.05) is 49.0 Å². The highest BCUT2D eigenvalue weighted by atomic mass is 32.2. The second kappa shape index (κ2) is 9.13. The molecule has 0 N–H and O–H groups in total. The van der Waals surface area contributed by atoms with Gasteiger partial charge in [0.2, 0.25) is 5.91 Å². The minimum atomic E-state index is 0.0502. The summed E-state index contributed by atoms with van der Waals surface area (Å²) in [5.74, 6) is 1.46. The van der Waals surface area contributed by atoms with Crippen LogP contribution >= 0.6 is 11.8 Å². The van der Waals surface area contributed by atoms with Gasteiger partial charge in [0, 0.05) is 12.2 Å². The van der Waals surface area contributed by atoms with Crippen molar-refractivity contribution in [1.82, 2.24) is 10.2 Å². The lowest BCUT2D eigenvalue weighted by Crippen LogP contribution is -2.36. The molecule has 4 rings (SSSR count). The summed E-state index contributed by atoms with van der Waals surface area (Å²) in [5, 5.41) is 8.40. The van der Waals surface area contributed by atoms with E-state index in [4.69, 9.17) is 9.15 Å². The number of rotatable bonds is 7. The monoisotopic (exact) mass is 409 g/mol. The first-order valence-corrected chi connectivity index (χ1v) is 10.8. The number of thioether (sulfide) groups is 1. The highest BCUT2D eigenvalue weighted by Gasteiger charge is 2.22. The zero-order valence-corrected chi connectivity index (χ0v) is 17.2. The summed E-state index contributed by atoms with van der Waals surface area (Å²) in [6.45, 7) is 3.06. The van der Waals surface area contributed by atoms with Gasteiger partial charge in [-0.2, -0.15) is 0 Å². The van der Waals surface area contributed by atoms with Crippen molar-refractivity contribution in [3.8, 4) is 5.75 Å². The molecular weight excluding hydrogens is 386 g/mol. The highest BCUT2D eigenvalue weighted by Crippen LogP contribution is 2.28. The first-order chi connectivity index (χ1) is 14.2. The largest absolute Gasteiger partial charge is 0.484 e. The Balaban J connectivity index is 1.30. The third-order valence-corrected chi connectivity index (χ3v) is 5.68. The zero-order chi connectivity index (χ0) is 20.1. The van der Waals surface area contributed by atoms with Crippen molar-refractivity contribution in [3.63, 3.8) is 0 Å². The Morgan fingerprint density at radius 2 is 2.00 bits per heavy atom. The molecule has 0 fully saturated rings. The Kier molecular flexibility index (Phi) is 6.14. The molecule has 3 aromatic rings. The molecule has 150 valence electrons. The van der Waals surface area contributed by atoms with E-state index in [0.717, 1.165) is 37.2 Å². The fraction of sp³-hybridized carbons (Fsp3) is 0.318. The van der Waals surface area contributed by atoms with Crippen LogP contribution in [0.5, 0.6) is 5.75 Å². The lowest BCUT2D eigenvalue weighted by molar-refractivity contribution is -0.116. The molecule has 1 amide bonds. The van der Waals surface area contributed by atoms with E-state index in [1.54, 1.807) is 0 Å². The number of hydrogen-bond donors (Lipinski definition) is 0. The molecule has 0 atom stereocenters. The summed E-state index contributed by atoms with van der Waals surface area (Å²) in [4.78, 5) is 14.5. The quantitative estimate of drug-likeness (QED) is 0.543. The number of hydrogen-bond acceptors (Lipinski definition) is 6. The molecule has 0 radical (unpaired) electrons. The van der Waals surface area contributed by atoms with Crippen molar-refractivity contribution >= 4 is 23.4 Å². The fourth-order valence-corrected chi connectivity index (χ4v) is 3.97. The third kappa shape index (κ3) is 4.79. The number of aryl methyl sites for hydroxylation is 2. The molecule has 1 aromatic heterocycles. The van der Waals surface area contributed by atoms with Crippen LogP contribution in [0.3, 0.4) is 0 Å². The Labute approximate surface area is 174 Å². The predicted molar refractivity (Wildman–Crippen MR) is 112 cm³/mol. The molecule has 2 heterocycles. The Morgan fingerprint density at radius 1 is 1.17 bits per heavy atom. The molecule has 29 heavy (non-hydrogen) atoms. The van der Waals surface area contributed by atoms with Crippen LogP contribution in [0.15, 0.2) is 58.2 Å². The summed E-state index contributed by atoms with van der Waals surface area (Å²) in [6, 6.07) is 16.0. The van der Waals surface area contributed by atoms with Gasteiger partial charge in [0.1, 0.15) is 5.75 Å². The predicted octanol–water partition coefficient (Wildman–Crippen LogP) is 4.28. The number of fused-ring (bicyclic) bond motifs is 1. The van der Waals surface area contributed by atoms with Gasteiger partial charge >= 0.3 is 0 Å². The molecule has 0 saturated carbocycles. The normalized spacial score (nSPS) is 13.2. The van der Waals surface area contributed by atoms with Crippen molar-refractivity contribution in [3.05, 3.63) is 65.5 Å². The van der Waals surface area contributed by atoms with Gasteiger partial charge in [0.25, 0.3) is 11.1 Å². The number of carbonyl (C=O) groups is 1. The van der Waals surface area contributed by atoms with Crippen LogP contribution in [0.4, 0.5) is 5.69 Å². The van der Waals surface area contributed by atoms with Gasteiger partial charge in [-0.3, -0.25) is 4.79 Å². The van der Waals surface area contributed by atoms with Crippen LogP contribution in [0.1, 0.15) is 30.4 Å². The maximum atomic E-state index is 12.7. The number of aromatic nitrogens is 2. The van der Waals surface area contributed by atoms with E-state index >= 15 is 0 Å². The molecule has 1 aliphatic heterocycles. The van der Waals surface area contributed by atoms with Gasteiger partial charge in [-0.25, -0.2) is 0 Å². The summed E-state index contributed by atoms with van der Waals surface area (Å²) in [7, 11) is 0. The lowest BCUT2D eigenvalue weighted by Gasteiger charge is -2.29. The van der Waals surface area contributed by atoms with Crippen molar-refractivity contribution in [2.45, 2.75) is 38.0 Å². The Morgan fingerprint density at radius 3 is 2.83 bits per heavy atom. The van der Waals surface area contributed by atoms with Gasteiger partial charge in [-0.05, 0) is 48.6 Å². The number of nitrogens with zero attached hydrogens (tertiary/aromatic N) is 3. The van der Waals surface area contributed by atoms with E-state index in [2.05, 4.69) is 23.2 Å². The summed E-state index contributed by atoms with van der Waals surface area (Å²) in [6.07, 6.45) is 2.99. The van der Waals surface area contributed by atoms with E-state index in [9.17, 15) is 4.79 Å². The van der Waals surface area contributed by atoms with Crippen molar-refractivity contribution in [2.24, 2.45) is 0 Å². The van der Waals surface area contributed by atoms with Gasteiger partial charge in [0.05, 0.1) is 5.75 Å². The standard InChI is InChI=1S/C22H23N3O3S/c1-2-16-9-11-18(12-10-16)27-14-20-23-24-22(28-20)29-15-21(26)25-13-5-7-17-6-3-4-8-19(17)25/h3-4,6,8-12H,2,5,7,13-15H2,1H3. The topological polar surface area (TPSA) is 68.5 Å². The van der Waals surface area contributed by atoms with Crippen molar-refractivity contribution in [2.75, 3.05) is 17.2 Å². The number of ether oxygens (including phenoxy) is 1. The molecular formula is C22H23N3O3S. The molecule has 0 aliphatic carbocycles. The van der Waals surface area contributed by atoms with E-state index < -0.39 is 0 Å². The lowest BCUT2D eigenvalue weighted by atomic mass is 10.0.